The second-order valence-electron chi connectivity index (χ2n) is 3.60. The molecule has 0 bridgehead atoms. The van der Waals surface area contributed by atoms with Crippen LogP contribution in [0.25, 0.3) is 0 Å². The number of ether oxygens (including phenoxy) is 1. The highest BCUT2D eigenvalue weighted by Gasteiger charge is 2.09. The fourth-order valence-electron chi connectivity index (χ4n) is 0.716. The molecule has 0 amide bonds. The molecule has 1 radical (unpaired) electrons. The Morgan fingerprint density at radius 2 is 2.10 bits per heavy atom. The van der Waals surface area contributed by atoms with Crippen LogP contribution in [0, 0.1) is 0 Å². The Balaban J connectivity index is 3.12. The zero-order chi connectivity index (χ0) is 8.04. The van der Waals surface area contributed by atoms with E-state index in [1.807, 2.05) is 0 Å². The minimum Gasteiger partial charge on any atom is -0.458 e. The van der Waals surface area contributed by atoms with Gasteiger partial charge in [0.1, 0.15) is 0 Å². The van der Waals surface area contributed by atoms with Gasteiger partial charge in [-0.05, 0) is 11.1 Å². The van der Waals surface area contributed by atoms with Crippen molar-refractivity contribution in [3.05, 3.63) is 0 Å². The van der Waals surface area contributed by atoms with Gasteiger partial charge >= 0.3 is 6.47 Å². The molecule has 0 fully saturated rings. The van der Waals surface area contributed by atoms with E-state index in [2.05, 4.69) is 25.5 Å². The van der Waals surface area contributed by atoms with Gasteiger partial charge in [0, 0.05) is 9.52 Å². The van der Waals surface area contributed by atoms with E-state index in [0.717, 1.165) is 6.04 Å². The second kappa shape index (κ2) is 4.49. The monoisotopic (exact) mass is 159 g/mol. The summed E-state index contributed by atoms with van der Waals surface area (Å²) in [6.45, 7) is 8.67. The van der Waals surface area contributed by atoms with E-state index in [4.69, 9.17) is 0 Å². The van der Waals surface area contributed by atoms with Crippen LogP contribution >= 0.6 is 0 Å². The molecule has 10 heavy (non-hydrogen) atoms. The highest BCUT2D eigenvalue weighted by atomic mass is 28.2. The number of hydrogen-bond donors (Lipinski definition) is 0. The molecule has 0 aliphatic carbocycles. The SMILES string of the molecule is CC(C)(C)[SiH2]CCO[C]=O. The van der Waals surface area contributed by atoms with E-state index < -0.39 is 0 Å². The fourth-order valence-corrected chi connectivity index (χ4v) is 2.07. The lowest BCUT2D eigenvalue weighted by molar-refractivity contribution is 0.295. The van der Waals surface area contributed by atoms with Gasteiger partial charge in [0.25, 0.3) is 0 Å². The summed E-state index contributed by atoms with van der Waals surface area (Å²) in [4.78, 5) is 9.60. The van der Waals surface area contributed by atoms with Crippen LogP contribution < -0.4 is 0 Å². The van der Waals surface area contributed by atoms with E-state index in [0.29, 0.717) is 11.6 Å². The molecule has 0 aromatic heterocycles. The van der Waals surface area contributed by atoms with Gasteiger partial charge in [0.2, 0.25) is 0 Å². The minimum atomic E-state index is -0.0746. The molecule has 0 aromatic carbocycles. The van der Waals surface area contributed by atoms with Crippen LogP contribution in [-0.4, -0.2) is 22.6 Å². The molecule has 59 valence electrons. The largest absolute Gasteiger partial charge is 0.458 e. The van der Waals surface area contributed by atoms with E-state index in [1.54, 1.807) is 0 Å². The van der Waals surface area contributed by atoms with Crippen molar-refractivity contribution in [2.75, 3.05) is 6.61 Å². The number of carbonyl (C=O) groups excluding carboxylic acids is 1. The molecule has 2 nitrogen and oxygen atoms in total. The summed E-state index contributed by atoms with van der Waals surface area (Å²) < 4.78 is 4.46. The van der Waals surface area contributed by atoms with Gasteiger partial charge in [-0.1, -0.05) is 20.8 Å². The third-order valence-electron chi connectivity index (χ3n) is 1.23. The van der Waals surface area contributed by atoms with Crippen molar-refractivity contribution in [1.82, 2.24) is 0 Å². The van der Waals surface area contributed by atoms with Crippen molar-refractivity contribution in [3.63, 3.8) is 0 Å². The van der Waals surface area contributed by atoms with Gasteiger partial charge in [0.15, 0.2) is 0 Å². The van der Waals surface area contributed by atoms with E-state index in [-0.39, 0.29) is 9.52 Å². The van der Waals surface area contributed by atoms with Crippen LogP contribution in [0.4, 0.5) is 0 Å². The highest BCUT2D eigenvalue weighted by molar-refractivity contribution is 6.39. The summed E-state index contributed by atoms with van der Waals surface area (Å²) in [6, 6.07) is 1.07. The maximum Gasteiger partial charge on any atom is 0.417 e. The van der Waals surface area contributed by atoms with Gasteiger partial charge in [-0.2, -0.15) is 0 Å². The predicted octanol–water partition coefficient (Wildman–Crippen LogP) is 0.876. The van der Waals surface area contributed by atoms with Gasteiger partial charge in [-0.25, -0.2) is 4.79 Å². The molecule has 0 spiro atoms. The summed E-state index contributed by atoms with van der Waals surface area (Å²) >= 11 is 0. The Bertz CT molecular complexity index is 96.3. The molecule has 0 saturated carbocycles. The molecule has 0 N–H and O–H groups in total. The molecule has 0 aliphatic heterocycles. The average Bonchev–Trinajstić information content (AvgIpc) is 1.78. The van der Waals surface area contributed by atoms with Crippen LogP contribution in [0.3, 0.4) is 0 Å². The van der Waals surface area contributed by atoms with Crippen LogP contribution in [0.5, 0.6) is 0 Å². The van der Waals surface area contributed by atoms with Gasteiger partial charge in [0.05, 0.1) is 6.61 Å². The number of hydrogen-bond acceptors (Lipinski definition) is 2. The Kier molecular flexibility index (Phi) is 4.35. The molecular formula is C7H15O2Si. The lowest BCUT2D eigenvalue weighted by atomic mass is 10.3. The highest BCUT2D eigenvalue weighted by Crippen LogP contribution is 2.20. The van der Waals surface area contributed by atoms with Crippen molar-refractivity contribution in [2.45, 2.75) is 31.9 Å². The molecule has 3 heteroatoms. The standard InChI is InChI=1S/C7H15O2Si/c1-7(2,3)10-5-4-9-6-8/h4-5,10H2,1-3H3. The van der Waals surface area contributed by atoms with Gasteiger partial charge in [-0.15, -0.1) is 0 Å². The van der Waals surface area contributed by atoms with Crippen LogP contribution in [0.15, 0.2) is 0 Å². The molecule has 0 rings (SSSR count). The third-order valence-corrected chi connectivity index (χ3v) is 3.37. The summed E-state index contributed by atoms with van der Waals surface area (Å²) in [7, 11) is -0.0746. The first-order valence-corrected chi connectivity index (χ1v) is 5.26. The second-order valence-corrected chi connectivity index (χ2v) is 6.92. The summed E-state index contributed by atoms with van der Waals surface area (Å²) in [6.07, 6.45) is 0. The van der Waals surface area contributed by atoms with Crippen LogP contribution in [-0.2, 0) is 9.53 Å². The quantitative estimate of drug-likeness (QED) is 0.449. The summed E-state index contributed by atoms with van der Waals surface area (Å²) in [5.74, 6) is 0. The first-order valence-electron chi connectivity index (χ1n) is 3.55. The topological polar surface area (TPSA) is 26.3 Å². The van der Waals surface area contributed by atoms with Crippen LogP contribution in [0.1, 0.15) is 20.8 Å². The van der Waals surface area contributed by atoms with Gasteiger partial charge < -0.3 is 4.74 Å². The van der Waals surface area contributed by atoms with Crippen molar-refractivity contribution in [3.8, 4) is 0 Å². The van der Waals surface area contributed by atoms with E-state index in [1.165, 1.54) is 6.47 Å². The lowest BCUT2D eigenvalue weighted by Crippen LogP contribution is -2.09. The Morgan fingerprint density at radius 3 is 2.50 bits per heavy atom. The molecule has 0 aliphatic rings. The number of rotatable bonds is 4. The van der Waals surface area contributed by atoms with Crippen molar-refractivity contribution in [2.24, 2.45) is 0 Å². The third kappa shape index (κ3) is 7.69. The fraction of sp³-hybridized carbons (Fsp3) is 0.857. The molecule has 0 unspecified atom stereocenters. The Labute approximate surface area is 64.8 Å². The van der Waals surface area contributed by atoms with Gasteiger partial charge in [-0.3, -0.25) is 0 Å². The Hall–Kier alpha value is -0.313. The first kappa shape index (κ1) is 9.69. The Morgan fingerprint density at radius 1 is 1.50 bits per heavy atom. The predicted molar refractivity (Wildman–Crippen MR) is 44.7 cm³/mol. The summed E-state index contributed by atoms with van der Waals surface area (Å²) in [5.41, 5.74) is 0. The van der Waals surface area contributed by atoms with Crippen molar-refractivity contribution in [1.29, 1.82) is 0 Å². The molecule has 0 saturated heterocycles. The molecule has 0 heterocycles. The molecule has 0 aromatic rings. The molecular weight excluding hydrogens is 144 g/mol. The zero-order valence-electron chi connectivity index (χ0n) is 6.94. The maximum atomic E-state index is 9.60. The van der Waals surface area contributed by atoms with Crippen LogP contribution in [0.2, 0.25) is 11.1 Å². The normalized spacial score (nSPS) is 12.3. The lowest BCUT2D eigenvalue weighted by Gasteiger charge is -2.15. The minimum absolute atomic E-state index is 0.0746. The first-order chi connectivity index (χ1) is 4.56. The smallest absolute Gasteiger partial charge is 0.417 e. The average molecular weight is 159 g/mol. The van der Waals surface area contributed by atoms with Crippen molar-refractivity contribution >= 4 is 16.0 Å². The van der Waals surface area contributed by atoms with Crippen molar-refractivity contribution < 1.29 is 9.53 Å². The molecule has 0 atom stereocenters. The van der Waals surface area contributed by atoms with E-state index in [9.17, 15) is 4.79 Å². The maximum absolute atomic E-state index is 9.60. The summed E-state index contributed by atoms with van der Waals surface area (Å²) in [5, 5.41) is 0.478. The van der Waals surface area contributed by atoms with E-state index >= 15 is 0 Å². The zero-order valence-corrected chi connectivity index (χ0v) is 8.35.